The molecule has 0 atom stereocenters. The molecule has 0 aliphatic carbocycles. The maximum atomic E-state index is 9.62. The Morgan fingerprint density at radius 2 is 1.81 bits per heavy atom. The van der Waals surface area contributed by atoms with E-state index >= 15 is 0 Å². The summed E-state index contributed by atoms with van der Waals surface area (Å²) in [5.41, 5.74) is 0.212. The van der Waals surface area contributed by atoms with E-state index in [2.05, 4.69) is 20.6 Å². The molecule has 1 aromatic heterocycles. The number of nitrogens with zero attached hydrogens (tertiary/aromatic N) is 2. The van der Waals surface area contributed by atoms with Crippen LogP contribution in [0.25, 0.3) is 0 Å². The highest BCUT2D eigenvalue weighted by Crippen LogP contribution is 2.18. The van der Waals surface area contributed by atoms with Gasteiger partial charge in [0, 0.05) is 18.7 Å². The van der Waals surface area contributed by atoms with E-state index in [1.54, 1.807) is 13.8 Å². The van der Waals surface area contributed by atoms with E-state index in [4.69, 9.17) is 0 Å². The first kappa shape index (κ1) is 12.7. The molecular formula is C11H20N4O. The predicted octanol–water partition coefficient (Wildman–Crippen LogP) is 1.40. The molecule has 5 nitrogen and oxygen atoms in total. The lowest BCUT2D eigenvalue weighted by Crippen LogP contribution is -2.30. The van der Waals surface area contributed by atoms with E-state index in [0.717, 1.165) is 23.7 Å². The van der Waals surface area contributed by atoms with Crippen LogP contribution < -0.4 is 10.6 Å². The minimum atomic E-state index is -0.754. The van der Waals surface area contributed by atoms with Gasteiger partial charge in [0.15, 0.2) is 0 Å². The van der Waals surface area contributed by atoms with Crippen LogP contribution in [0, 0.1) is 6.92 Å². The highest BCUT2D eigenvalue weighted by molar-refractivity contribution is 5.56. The Kier molecular flexibility index (Phi) is 4.06. The van der Waals surface area contributed by atoms with Crippen molar-refractivity contribution in [2.75, 3.05) is 23.7 Å². The van der Waals surface area contributed by atoms with Crippen LogP contribution >= 0.6 is 0 Å². The average molecular weight is 224 g/mol. The zero-order chi connectivity index (χ0) is 12.2. The van der Waals surface area contributed by atoms with Crippen LogP contribution in [0.15, 0.2) is 6.33 Å². The molecule has 1 aromatic rings. The van der Waals surface area contributed by atoms with Gasteiger partial charge in [-0.1, -0.05) is 0 Å². The van der Waals surface area contributed by atoms with Gasteiger partial charge in [-0.05, 0) is 27.7 Å². The first-order valence-electron chi connectivity index (χ1n) is 5.45. The molecule has 1 rings (SSSR count). The first-order valence-corrected chi connectivity index (χ1v) is 5.45. The zero-order valence-corrected chi connectivity index (χ0v) is 10.3. The van der Waals surface area contributed by atoms with E-state index in [9.17, 15) is 5.11 Å². The van der Waals surface area contributed by atoms with Crippen molar-refractivity contribution < 1.29 is 5.11 Å². The monoisotopic (exact) mass is 224 g/mol. The van der Waals surface area contributed by atoms with Gasteiger partial charge in [-0.15, -0.1) is 0 Å². The normalized spacial score (nSPS) is 11.3. The van der Waals surface area contributed by atoms with Crippen LogP contribution in [0.3, 0.4) is 0 Å². The Morgan fingerprint density at radius 3 is 2.31 bits per heavy atom. The number of hydrogen-bond donors (Lipinski definition) is 3. The summed E-state index contributed by atoms with van der Waals surface area (Å²) in [4.78, 5) is 8.30. The number of anilines is 2. The van der Waals surface area contributed by atoms with Crippen LogP contribution in [0.2, 0.25) is 0 Å². The molecule has 1 heterocycles. The van der Waals surface area contributed by atoms with Gasteiger partial charge in [-0.25, -0.2) is 9.97 Å². The Bertz CT molecular complexity index is 346. The summed E-state index contributed by atoms with van der Waals surface area (Å²) in [5.74, 6) is 1.59. The lowest BCUT2D eigenvalue weighted by Gasteiger charge is -2.19. The second kappa shape index (κ2) is 5.12. The van der Waals surface area contributed by atoms with Crippen LogP contribution in [0.5, 0.6) is 0 Å². The summed E-state index contributed by atoms with van der Waals surface area (Å²) in [6, 6.07) is 0. The van der Waals surface area contributed by atoms with Crippen molar-refractivity contribution >= 4 is 11.6 Å². The average Bonchev–Trinajstić information content (AvgIpc) is 2.18. The molecule has 0 radical (unpaired) electrons. The minimum Gasteiger partial charge on any atom is -0.389 e. The molecule has 0 spiro atoms. The molecule has 0 fully saturated rings. The molecule has 3 N–H and O–H groups in total. The van der Waals surface area contributed by atoms with Gasteiger partial charge < -0.3 is 15.7 Å². The quantitative estimate of drug-likeness (QED) is 0.705. The predicted molar refractivity (Wildman–Crippen MR) is 65.7 cm³/mol. The van der Waals surface area contributed by atoms with Gasteiger partial charge in [0.1, 0.15) is 18.0 Å². The SMILES string of the molecule is CCNc1ncnc(NCC(C)(C)O)c1C. The number of rotatable bonds is 5. The molecule has 0 unspecified atom stereocenters. The van der Waals surface area contributed by atoms with Crippen molar-refractivity contribution in [1.82, 2.24) is 9.97 Å². The second-order valence-electron chi connectivity index (χ2n) is 4.39. The van der Waals surface area contributed by atoms with Crippen molar-refractivity contribution in [2.24, 2.45) is 0 Å². The molecule has 0 amide bonds. The Morgan fingerprint density at radius 1 is 1.25 bits per heavy atom. The summed E-state index contributed by atoms with van der Waals surface area (Å²) >= 11 is 0. The van der Waals surface area contributed by atoms with Crippen LogP contribution in [0.1, 0.15) is 26.3 Å². The standard InChI is InChI=1S/C11H20N4O/c1-5-12-9-8(2)10(15-7-14-9)13-6-11(3,4)16/h7,16H,5-6H2,1-4H3,(H2,12,13,14,15). The summed E-state index contributed by atoms with van der Waals surface area (Å²) in [5, 5.41) is 15.9. The highest BCUT2D eigenvalue weighted by Gasteiger charge is 2.13. The van der Waals surface area contributed by atoms with Gasteiger partial charge in [-0.3, -0.25) is 0 Å². The minimum absolute atomic E-state index is 0.455. The van der Waals surface area contributed by atoms with E-state index in [1.165, 1.54) is 6.33 Å². The molecule has 0 bridgehead atoms. The fourth-order valence-electron chi connectivity index (χ4n) is 1.27. The largest absolute Gasteiger partial charge is 0.389 e. The van der Waals surface area contributed by atoms with E-state index < -0.39 is 5.60 Å². The first-order chi connectivity index (χ1) is 7.44. The molecular weight excluding hydrogens is 204 g/mol. The third-order valence-corrected chi connectivity index (χ3v) is 2.12. The summed E-state index contributed by atoms with van der Waals surface area (Å²) < 4.78 is 0. The van der Waals surface area contributed by atoms with Gasteiger partial charge in [0.25, 0.3) is 0 Å². The molecule has 16 heavy (non-hydrogen) atoms. The molecule has 0 aromatic carbocycles. The Hall–Kier alpha value is -1.36. The topological polar surface area (TPSA) is 70.1 Å². The van der Waals surface area contributed by atoms with E-state index in [0.29, 0.717) is 6.54 Å². The third kappa shape index (κ3) is 3.66. The highest BCUT2D eigenvalue weighted by atomic mass is 16.3. The number of aliphatic hydroxyl groups is 1. The summed E-state index contributed by atoms with van der Waals surface area (Å²) in [6.45, 7) is 8.75. The maximum absolute atomic E-state index is 9.62. The molecule has 0 saturated heterocycles. The van der Waals surface area contributed by atoms with Crippen LogP contribution in [0.4, 0.5) is 11.6 Å². The van der Waals surface area contributed by atoms with Crippen molar-refractivity contribution in [1.29, 1.82) is 0 Å². The Labute approximate surface area is 96.3 Å². The van der Waals surface area contributed by atoms with Crippen molar-refractivity contribution in [3.8, 4) is 0 Å². The van der Waals surface area contributed by atoms with E-state index in [1.807, 2.05) is 13.8 Å². The second-order valence-corrected chi connectivity index (χ2v) is 4.39. The van der Waals surface area contributed by atoms with Gasteiger partial charge in [0.05, 0.1) is 5.60 Å². The lowest BCUT2D eigenvalue weighted by molar-refractivity contribution is 0.0944. The van der Waals surface area contributed by atoms with Crippen molar-refractivity contribution in [3.63, 3.8) is 0 Å². The van der Waals surface area contributed by atoms with Gasteiger partial charge in [0.2, 0.25) is 0 Å². The van der Waals surface area contributed by atoms with Crippen molar-refractivity contribution in [2.45, 2.75) is 33.3 Å². The number of nitrogens with one attached hydrogen (secondary N) is 2. The lowest BCUT2D eigenvalue weighted by atomic mass is 10.1. The van der Waals surface area contributed by atoms with Gasteiger partial charge in [-0.2, -0.15) is 0 Å². The smallest absolute Gasteiger partial charge is 0.134 e. The molecule has 5 heteroatoms. The molecule has 90 valence electrons. The van der Waals surface area contributed by atoms with Crippen LogP contribution in [-0.4, -0.2) is 33.8 Å². The van der Waals surface area contributed by atoms with Gasteiger partial charge >= 0.3 is 0 Å². The van der Waals surface area contributed by atoms with E-state index in [-0.39, 0.29) is 0 Å². The third-order valence-electron chi connectivity index (χ3n) is 2.12. The molecule has 0 aliphatic heterocycles. The fraction of sp³-hybridized carbons (Fsp3) is 0.636. The van der Waals surface area contributed by atoms with Crippen molar-refractivity contribution in [3.05, 3.63) is 11.9 Å². The number of aromatic nitrogens is 2. The summed E-state index contributed by atoms with van der Waals surface area (Å²) in [7, 11) is 0. The molecule has 0 aliphatic rings. The van der Waals surface area contributed by atoms with Crippen LogP contribution in [-0.2, 0) is 0 Å². The maximum Gasteiger partial charge on any atom is 0.134 e. The molecule has 0 saturated carbocycles. The number of hydrogen-bond acceptors (Lipinski definition) is 5. The zero-order valence-electron chi connectivity index (χ0n) is 10.3. The summed E-state index contributed by atoms with van der Waals surface area (Å²) in [6.07, 6.45) is 1.51. The Balaban J connectivity index is 2.77. The fourth-order valence-corrected chi connectivity index (χ4v) is 1.27.